The normalized spacial score (nSPS) is 14.9. The fourth-order valence-corrected chi connectivity index (χ4v) is 2.32. The zero-order chi connectivity index (χ0) is 14.5. The van der Waals surface area contributed by atoms with Gasteiger partial charge in [-0.15, -0.1) is 0 Å². The summed E-state index contributed by atoms with van der Waals surface area (Å²) >= 11 is 0. The van der Waals surface area contributed by atoms with Crippen molar-refractivity contribution in [2.24, 2.45) is 0 Å². The number of carbonyl (C=O) groups is 2. The molecule has 20 heavy (non-hydrogen) atoms. The second-order valence-corrected chi connectivity index (χ2v) is 5.01. The Morgan fingerprint density at radius 1 is 1.05 bits per heavy atom. The van der Waals surface area contributed by atoms with Crippen molar-refractivity contribution in [3.8, 4) is 0 Å². The van der Waals surface area contributed by atoms with Crippen LogP contribution in [0.3, 0.4) is 0 Å². The van der Waals surface area contributed by atoms with E-state index in [2.05, 4.69) is 5.32 Å². The van der Waals surface area contributed by atoms with E-state index in [0.29, 0.717) is 16.9 Å². The summed E-state index contributed by atoms with van der Waals surface area (Å²) in [5.74, 6) is -0.385. The Kier molecular flexibility index (Phi) is 4.45. The predicted molar refractivity (Wildman–Crippen MR) is 78.0 cm³/mol. The molecule has 0 aromatic heterocycles. The van der Waals surface area contributed by atoms with Gasteiger partial charge in [-0.1, -0.05) is 0 Å². The van der Waals surface area contributed by atoms with E-state index in [1.54, 1.807) is 11.0 Å². The lowest BCUT2D eigenvalue weighted by molar-refractivity contribution is -0.130. The van der Waals surface area contributed by atoms with Crippen molar-refractivity contribution in [2.75, 3.05) is 31.1 Å². The van der Waals surface area contributed by atoms with Crippen molar-refractivity contribution >= 4 is 23.2 Å². The van der Waals surface area contributed by atoms with Gasteiger partial charge < -0.3 is 21.7 Å². The molecule has 1 saturated heterocycles. The van der Waals surface area contributed by atoms with E-state index >= 15 is 0 Å². The Hall–Kier alpha value is -2.24. The van der Waals surface area contributed by atoms with Gasteiger partial charge >= 0.3 is 0 Å². The molecule has 2 rings (SSSR count). The van der Waals surface area contributed by atoms with Gasteiger partial charge in [0.15, 0.2) is 0 Å². The molecule has 1 heterocycles. The molecule has 2 amide bonds. The zero-order valence-electron chi connectivity index (χ0n) is 11.4. The molecule has 6 heteroatoms. The highest BCUT2D eigenvalue weighted by molar-refractivity contribution is 5.98. The summed E-state index contributed by atoms with van der Waals surface area (Å²) in [4.78, 5) is 25.7. The first kappa shape index (κ1) is 14.2. The maximum atomic E-state index is 11.9. The number of hydrogen-bond donors (Lipinski definition) is 3. The van der Waals surface area contributed by atoms with E-state index in [1.807, 2.05) is 0 Å². The van der Waals surface area contributed by atoms with Crippen molar-refractivity contribution in [1.29, 1.82) is 0 Å². The van der Waals surface area contributed by atoms with E-state index in [0.717, 1.165) is 25.9 Å². The molecule has 0 radical (unpaired) electrons. The minimum Gasteiger partial charge on any atom is -0.399 e. The monoisotopic (exact) mass is 276 g/mol. The molecule has 0 saturated carbocycles. The summed E-state index contributed by atoms with van der Waals surface area (Å²) in [5.41, 5.74) is 12.5. The van der Waals surface area contributed by atoms with Gasteiger partial charge in [-0.25, -0.2) is 0 Å². The van der Waals surface area contributed by atoms with Crippen LogP contribution in [0.25, 0.3) is 0 Å². The minimum absolute atomic E-state index is 0.00748. The van der Waals surface area contributed by atoms with Gasteiger partial charge in [-0.3, -0.25) is 9.59 Å². The van der Waals surface area contributed by atoms with Crippen molar-refractivity contribution in [1.82, 2.24) is 10.2 Å². The lowest BCUT2D eigenvalue weighted by atomic mass is 10.1. The maximum Gasteiger partial charge on any atom is 0.251 e. The predicted octanol–water partition coefficient (Wildman–Crippen LogP) is 0.593. The average Bonchev–Trinajstić information content (AvgIpc) is 2.44. The molecule has 0 unspecified atom stereocenters. The molecule has 1 aliphatic rings. The Labute approximate surface area is 118 Å². The van der Waals surface area contributed by atoms with Crippen LogP contribution in [-0.2, 0) is 4.79 Å². The molecule has 0 aliphatic carbocycles. The Morgan fingerprint density at radius 3 is 2.25 bits per heavy atom. The van der Waals surface area contributed by atoms with Crippen LogP contribution >= 0.6 is 0 Å². The molecule has 108 valence electrons. The Morgan fingerprint density at radius 2 is 1.65 bits per heavy atom. The number of benzene rings is 1. The SMILES string of the molecule is Nc1cc(N)cc(C(=O)NCC(=O)N2CCCCC2)c1. The number of anilines is 2. The smallest absolute Gasteiger partial charge is 0.251 e. The topological polar surface area (TPSA) is 101 Å². The maximum absolute atomic E-state index is 11.9. The van der Waals surface area contributed by atoms with E-state index in [4.69, 9.17) is 11.5 Å². The first-order valence-corrected chi connectivity index (χ1v) is 6.78. The Bertz CT molecular complexity index is 490. The highest BCUT2D eigenvalue weighted by Crippen LogP contribution is 2.13. The highest BCUT2D eigenvalue weighted by Gasteiger charge is 2.17. The molecule has 0 atom stereocenters. The number of piperidine rings is 1. The van der Waals surface area contributed by atoms with Crippen molar-refractivity contribution in [3.63, 3.8) is 0 Å². The molecule has 0 spiro atoms. The molecule has 5 N–H and O–H groups in total. The minimum atomic E-state index is -0.339. The number of nitrogen functional groups attached to an aromatic ring is 2. The average molecular weight is 276 g/mol. The third-order valence-electron chi connectivity index (χ3n) is 3.35. The fourth-order valence-electron chi connectivity index (χ4n) is 2.32. The fraction of sp³-hybridized carbons (Fsp3) is 0.429. The molecule has 1 aliphatic heterocycles. The van der Waals surface area contributed by atoms with E-state index in [-0.39, 0.29) is 18.4 Å². The van der Waals surface area contributed by atoms with Crippen LogP contribution in [0.1, 0.15) is 29.6 Å². The molecule has 1 aromatic rings. The number of rotatable bonds is 3. The molecule has 1 fully saturated rings. The van der Waals surface area contributed by atoms with Crippen molar-refractivity contribution < 1.29 is 9.59 Å². The van der Waals surface area contributed by atoms with Gasteiger partial charge in [0.25, 0.3) is 5.91 Å². The van der Waals surface area contributed by atoms with Gasteiger partial charge in [-0.2, -0.15) is 0 Å². The van der Waals surface area contributed by atoms with E-state index < -0.39 is 0 Å². The largest absolute Gasteiger partial charge is 0.399 e. The van der Waals surface area contributed by atoms with Gasteiger partial charge in [0.2, 0.25) is 5.91 Å². The van der Waals surface area contributed by atoms with E-state index in [9.17, 15) is 9.59 Å². The van der Waals surface area contributed by atoms with E-state index in [1.165, 1.54) is 18.6 Å². The summed E-state index contributed by atoms with van der Waals surface area (Å²) in [6.07, 6.45) is 3.23. The van der Waals surface area contributed by atoms with Gasteiger partial charge in [0.1, 0.15) is 0 Å². The van der Waals surface area contributed by atoms with Gasteiger partial charge in [-0.05, 0) is 37.5 Å². The van der Waals surface area contributed by atoms with Crippen LogP contribution in [0.4, 0.5) is 11.4 Å². The molecular formula is C14H20N4O2. The summed E-state index contributed by atoms with van der Waals surface area (Å²) in [5, 5.41) is 2.61. The number of nitrogens with one attached hydrogen (secondary N) is 1. The third-order valence-corrected chi connectivity index (χ3v) is 3.35. The Balaban J connectivity index is 1.89. The first-order chi connectivity index (χ1) is 9.56. The molecule has 1 aromatic carbocycles. The van der Waals surface area contributed by atoms with Crippen LogP contribution in [-0.4, -0.2) is 36.3 Å². The van der Waals surface area contributed by atoms with Crippen LogP contribution < -0.4 is 16.8 Å². The third kappa shape index (κ3) is 3.63. The molecule has 0 bridgehead atoms. The standard InChI is InChI=1S/C14H20N4O2/c15-11-6-10(7-12(16)8-11)14(20)17-9-13(19)18-4-2-1-3-5-18/h6-8H,1-5,9,15-16H2,(H,17,20). The summed E-state index contributed by atoms with van der Waals surface area (Å²) < 4.78 is 0. The van der Waals surface area contributed by atoms with Gasteiger partial charge in [0, 0.05) is 30.0 Å². The number of hydrogen-bond acceptors (Lipinski definition) is 4. The number of nitrogens with two attached hydrogens (primary N) is 2. The van der Waals surface area contributed by atoms with Gasteiger partial charge in [0.05, 0.1) is 6.54 Å². The van der Waals surface area contributed by atoms with Crippen LogP contribution in [0.2, 0.25) is 0 Å². The number of likely N-dealkylation sites (tertiary alicyclic amines) is 1. The first-order valence-electron chi connectivity index (χ1n) is 6.78. The summed E-state index contributed by atoms with van der Waals surface area (Å²) in [6, 6.07) is 4.66. The molecular weight excluding hydrogens is 256 g/mol. The lowest BCUT2D eigenvalue weighted by Gasteiger charge is -2.26. The zero-order valence-corrected chi connectivity index (χ0v) is 11.4. The quantitative estimate of drug-likeness (QED) is 0.703. The lowest BCUT2D eigenvalue weighted by Crippen LogP contribution is -2.42. The summed E-state index contributed by atoms with van der Waals surface area (Å²) in [7, 11) is 0. The van der Waals surface area contributed by atoms with Crippen LogP contribution in [0.5, 0.6) is 0 Å². The van der Waals surface area contributed by atoms with Crippen molar-refractivity contribution in [3.05, 3.63) is 23.8 Å². The van der Waals surface area contributed by atoms with Crippen LogP contribution in [0.15, 0.2) is 18.2 Å². The highest BCUT2D eigenvalue weighted by atomic mass is 16.2. The van der Waals surface area contributed by atoms with Crippen molar-refractivity contribution in [2.45, 2.75) is 19.3 Å². The number of carbonyl (C=O) groups excluding carboxylic acids is 2. The summed E-state index contributed by atoms with van der Waals surface area (Å²) in [6.45, 7) is 1.56. The molecule has 6 nitrogen and oxygen atoms in total. The second kappa shape index (κ2) is 6.27. The number of amides is 2. The van der Waals surface area contributed by atoms with Crippen LogP contribution in [0, 0.1) is 0 Å². The number of nitrogens with zero attached hydrogens (tertiary/aromatic N) is 1. The second-order valence-electron chi connectivity index (χ2n) is 5.01.